The lowest BCUT2D eigenvalue weighted by Crippen LogP contribution is -2.50. The Morgan fingerprint density at radius 3 is 2.44 bits per heavy atom. The lowest BCUT2D eigenvalue weighted by atomic mass is 9.99. The molecule has 0 spiro atoms. The van der Waals surface area contributed by atoms with E-state index in [0.29, 0.717) is 11.3 Å². The van der Waals surface area contributed by atoms with E-state index in [1.54, 1.807) is 55.5 Å². The summed E-state index contributed by atoms with van der Waals surface area (Å²) < 4.78 is 39.4. The fraction of sp³-hybridized carbons (Fsp3) is 0.379. The summed E-state index contributed by atoms with van der Waals surface area (Å²) in [4.78, 5) is 20.0. The molecule has 1 amide bonds. The van der Waals surface area contributed by atoms with Crippen molar-refractivity contribution in [2.75, 3.05) is 33.9 Å². The number of hydrogen-bond acceptors (Lipinski definition) is 7. The summed E-state index contributed by atoms with van der Waals surface area (Å²) in [6.45, 7) is 5.68. The highest BCUT2D eigenvalue weighted by molar-refractivity contribution is 7.89. The van der Waals surface area contributed by atoms with Crippen LogP contribution in [-0.4, -0.2) is 79.6 Å². The minimum Gasteiger partial charge on any atom is -0.497 e. The number of aryl methyl sites for hydroxylation is 1. The average molecular weight is 554 g/mol. The van der Waals surface area contributed by atoms with Gasteiger partial charge in [0.15, 0.2) is 0 Å². The van der Waals surface area contributed by atoms with Gasteiger partial charge >= 0.3 is 0 Å². The zero-order chi connectivity index (χ0) is 28.3. The monoisotopic (exact) mass is 553 g/mol. The van der Waals surface area contributed by atoms with Gasteiger partial charge in [0.25, 0.3) is 5.91 Å². The number of fused-ring (bicyclic) bond motifs is 1. The normalized spacial score (nSPS) is 18.6. The molecule has 1 aliphatic heterocycles. The first-order valence-electron chi connectivity index (χ1n) is 12.8. The van der Waals surface area contributed by atoms with Gasteiger partial charge in [-0.25, -0.2) is 13.4 Å². The first kappa shape index (κ1) is 28.5. The fourth-order valence-corrected chi connectivity index (χ4v) is 5.69. The van der Waals surface area contributed by atoms with Crippen LogP contribution in [0.4, 0.5) is 0 Å². The number of aromatic nitrogens is 1. The van der Waals surface area contributed by atoms with Crippen molar-refractivity contribution in [3.8, 4) is 22.8 Å². The van der Waals surface area contributed by atoms with Crippen molar-refractivity contribution < 1.29 is 27.8 Å². The van der Waals surface area contributed by atoms with Gasteiger partial charge in [-0.1, -0.05) is 36.8 Å². The molecule has 0 unspecified atom stereocenters. The molecule has 0 bridgehead atoms. The summed E-state index contributed by atoms with van der Waals surface area (Å²) in [5.74, 6) is 0.280. The quantitative estimate of drug-likeness (QED) is 0.454. The molecule has 208 valence electrons. The number of aliphatic hydroxyl groups is 1. The smallest absolute Gasteiger partial charge is 0.259 e. The van der Waals surface area contributed by atoms with Crippen molar-refractivity contribution in [3.63, 3.8) is 0 Å². The zero-order valence-corrected chi connectivity index (χ0v) is 23.7. The Morgan fingerprint density at radius 2 is 1.82 bits per heavy atom. The van der Waals surface area contributed by atoms with Crippen LogP contribution < -0.4 is 9.47 Å². The van der Waals surface area contributed by atoms with E-state index in [-0.39, 0.29) is 47.9 Å². The lowest BCUT2D eigenvalue weighted by molar-refractivity contribution is 0.0373. The molecular formula is C29H35N3O6S. The van der Waals surface area contributed by atoms with Crippen molar-refractivity contribution in [3.05, 3.63) is 71.9 Å². The van der Waals surface area contributed by atoms with E-state index < -0.39 is 22.2 Å². The first-order valence-corrected chi connectivity index (χ1v) is 14.2. The number of benzene rings is 2. The molecule has 2 aromatic carbocycles. The summed E-state index contributed by atoms with van der Waals surface area (Å²) in [5.41, 5.74) is 2.78. The van der Waals surface area contributed by atoms with Crippen LogP contribution in [0, 0.1) is 12.8 Å². The van der Waals surface area contributed by atoms with Crippen molar-refractivity contribution in [2.45, 2.75) is 37.8 Å². The van der Waals surface area contributed by atoms with E-state index in [1.807, 2.05) is 38.1 Å². The molecule has 10 heteroatoms. The molecule has 1 N–H and O–H groups in total. The summed E-state index contributed by atoms with van der Waals surface area (Å²) >= 11 is 0. The van der Waals surface area contributed by atoms with Crippen LogP contribution in [-0.2, 0) is 10.0 Å². The van der Waals surface area contributed by atoms with Gasteiger partial charge in [-0.05, 0) is 49.7 Å². The Kier molecular flexibility index (Phi) is 8.58. The van der Waals surface area contributed by atoms with Crippen LogP contribution in [0.15, 0.2) is 65.7 Å². The number of carbonyl (C=O) groups is 1. The molecule has 9 nitrogen and oxygen atoms in total. The average Bonchev–Trinajstić information content (AvgIpc) is 2.94. The van der Waals surface area contributed by atoms with Crippen LogP contribution in [0.2, 0.25) is 0 Å². The molecule has 0 saturated carbocycles. The standard InChI is InChI=1S/C29H35N3O6S/c1-19-6-12-25(13-7-19)39(35,36)31(4)17-27-20(2)16-32(21(3)18-33)29(34)26-14-23(15-30-28(26)38-27)22-8-10-24(37-5)11-9-22/h6-15,20-21,27,33H,16-18H2,1-5H3/t20-,21+,27-/m0/s1. The number of sulfonamides is 1. The Labute approximate surface area is 230 Å². The molecule has 0 aliphatic carbocycles. The maximum atomic E-state index is 13.7. The minimum absolute atomic E-state index is 0.0499. The Balaban J connectivity index is 1.70. The third kappa shape index (κ3) is 6.08. The first-order chi connectivity index (χ1) is 18.5. The van der Waals surface area contributed by atoms with E-state index in [2.05, 4.69) is 4.98 Å². The van der Waals surface area contributed by atoms with E-state index in [9.17, 15) is 18.3 Å². The summed E-state index contributed by atoms with van der Waals surface area (Å²) in [5, 5.41) is 9.91. The number of ether oxygens (including phenoxy) is 2. The SMILES string of the molecule is COc1ccc(-c2cnc3c(c2)C(=O)N([C@H](C)CO)C[C@H](C)[C@H](CN(C)S(=O)(=O)c2ccc(C)cc2)O3)cc1. The molecule has 0 fully saturated rings. The van der Waals surface area contributed by atoms with Gasteiger partial charge in [0.2, 0.25) is 15.9 Å². The van der Waals surface area contributed by atoms with Gasteiger partial charge in [0, 0.05) is 31.3 Å². The van der Waals surface area contributed by atoms with Gasteiger partial charge in [0.1, 0.15) is 17.4 Å². The van der Waals surface area contributed by atoms with Gasteiger partial charge < -0.3 is 19.5 Å². The van der Waals surface area contributed by atoms with E-state index in [0.717, 1.165) is 11.1 Å². The molecule has 3 atom stereocenters. The minimum atomic E-state index is -3.77. The summed E-state index contributed by atoms with van der Waals surface area (Å²) in [6, 6.07) is 15.4. The van der Waals surface area contributed by atoms with E-state index in [1.165, 1.54) is 11.4 Å². The third-order valence-electron chi connectivity index (χ3n) is 7.11. The Hall–Kier alpha value is -3.47. The van der Waals surface area contributed by atoms with E-state index in [4.69, 9.17) is 9.47 Å². The largest absolute Gasteiger partial charge is 0.497 e. The van der Waals surface area contributed by atoms with Crippen LogP contribution >= 0.6 is 0 Å². The molecule has 0 saturated heterocycles. The highest BCUT2D eigenvalue weighted by atomic mass is 32.2. The van der Waals surface area contributed by atoms with Crippen molar-refractivity contribution >= 4 is 15.9 Å². The van der Waals surface area contributed by atoms with Gasteiger partial charge in [0.05, 0.1) is 31.2 Å². The summed E-state index contributed by atoms with van der Waals surface area (Å²) in [6.07, 6.45) is 1.03. The fourth-order valence-electron chi connectivity index (χ4n) is 4.50. The second kappa shape index (κ2) is 11.7. The number of likely N-dealkylation sites (N-methyl/N-ethyl adjacent to an activating group) is 1. The topological polar surface area (TPSA) is 109 Å². The zero-order valence-electron chi connectivity index (χ0n) is 22.9. The number of hydrogen-bond donors (Lipinski definition) is 1. The predicted octanol–water partition coefficient (Wildman–Crippen LogP) is 3.61. The Morgan fingerprint density at radius 1 is 1.15 bits per heavy atom. The van der Waals surface area contributed by atoms with E-state index >= 15 is 0 Å². The number of methoxy groups -OCH3 is 1. The van der Waals surface area contributed by atoms with Crippen molar-refractivity contribution in [1.82, 2.24) is 14.2 Å². The number of rotatable bonds is 8. The van der Waals surface area contributed by atoms with Gasteiger partial charge in [-0.2, -0.15) is 4.31 Å². The number of amides is 1. The number of aliphatic hydroxyl groups excluding tert-OH is 1. The molecule has 39 heavy (non-hydrogen) atoms. The Bertz CT molecular complexity index is 1410. The summed E-state index contributed by atoms with van der Waals surface area (Å²) in [7, 11) is -0.657. The molecule has 3 aromatic rings. The third-order valence-corrected chi connectivity index (χ3v) is 8.95. The highest BCUT2D eigenvalue weighted by Crippen LogP contribution is 2.31. The van der Waals surface area contributed by atoms with Crippen molar-refractivity contribution in [2.24, 2.45) is 5.92 Å². The van der Waals surface area contributed by atoms with Crippen LogP contribution in [0.25, 0.3) is 11.1 Å². The van der Waals surface area contributed by atoms with Gasteiger partial charge in [-0.3, -0.25) is 4.79 Å². The molecule has 2 heterocycles. The number of carbonyl (C=O) groups excluding carboxylic acids is 1. The van der Waals surface area contributed by atoms with Crippen LogP contribution in [0.3, 0.4) is 0 Å². The second-order valence-electron chi connectivity index (χ2n) is 10.0. The number of pyridine rings is 1. The molecule has 0 radical (unpaired) electrons. The number of nitrogens with zero attached hydrogens (tertiary/aromatic N) is 3. The maximum Gasteiger partial charge on any atom is 0.259 e. The molecule has 1 aromatic heterocycles. The predicted molar refractivity (Wildman–Crippen MR) is 148 cm³/mol. The van der Waals surface area contributed by atoms with Crippen molar-refractivity contribution in [1.29, 1.82) is 0 Å². The molecule has 1 aliphatic rings. The molecular weight excluding hydrogens is 518 g/mol. The highest BCUT2D eigenvalue weighted by Gasteiger charge is 2.36. The lowest BCUT2D eigenvalue weighted by Gasteiger charge is -2.37. The van der Waals surface area contributed by atoms with Crippen LogP contribution in [0.5, 0.6) is 11.6 Å². The van der Waals surface area contributed by atoms with Crippen LogP contribution in [0.1, 0.15) is 29.8 Å². The maximum absolute atomic E-state index is 13.7. The second-order valence-corrected chi connectivity index (χ2v) is 12.1. The molecule has 4 rings (SSSR count). The van der Waals surface area contributed by atoms with Gasteiger partial charge in [-0.15, -0.1) is 0 Å².